The van der Waals surface area contributed by atoms with Crippen molar-refractivity contribution in [1.82, 2.24) is 4.90 Å². The summed E-state index contributed by atoms with van der Waals surface area (Å²) < 4.78 is 18.5. The van der Waals surface area contributed by atoms with Crippen LogP contribution >= 0.6 is 11.8 Å². The van der Waals surface area contributed by atoms with Gasteiger partial charge in [-0.2, -0.15) is 0 Å². The van der Waals surface area contributed by atoms with Crippen LogP contribution in [-0.4, -0.2) is 35.1 Å². The monoisotopic (exact) mass is 376 g/mol. The number of hydrogen-bond acceptors (Lipinski definition) is 6. The molecule has 0 aromatic carbocycles. The number of likely N-dealkylation sites (tertiary alicyclic amines) is 1. The van der Waals surface area contributed by atoms with E-state index in [1.54, 1.807) is 18.6 Å². The highest BCUT2D eigenvalue weighted by molar-refractivity contribution is 8.19. The number of carbonyl (C=O) groups is 1. The molecule has 6 nitrogen and oxygen atoms in total. The van der Waals surface area contributed by atoms with Gasteiger partial charge in [-0.15, -0.1) is 0 Å². The second-order valence-electron chi connectivity index (χ2n) is 6.22. The Morgan fingerprint density at radius 2 is 2.15 bits per heavy atom. The molecule has 0 bridgehead atoms. The second kappa shape index (κ2) is 7.41. The van der Waals surface area contributed by atoms with Gasteiger partial charge >= 0.3 is 0 Å². The van der Waals surface area contributed by atoms with E-state index in [0.29, 0.717) is 48.1 Å². The van der Waals surface area contributed by atoms with Gasteiger partial charge in [-0.05, 0) is 31.4 Å². The van der Waals surface area contributed by atoms with Crippen molar-refractivity contribution in [2.24, 2.45) is 16.5 Å². The molecule has 1 aromatic rings. The summed E-state index contributed by atoms with van der Waals surface area (Å²) in [6.45, 7) is 7.01. The minimum Gasteiger partial charge on any atom is -0.472 e. The van der Waals surface area contributed by atoms with Gasteiger partial charge in [-0.3, -0.25) is 4.79 Å². The van der Waals surface area contributed by atoms with Crippen molar-refractivity contribution in [2.45, 2.75) is 25.9 Å². The molecule has 0 atom stereocenters. The number of primary amides is 1. The number of allylic oxidation sites excluding steroid dienone is 2. The average molecular weight is 376 g/mol. The third kappa shape index (κ3) is 3.55. The summed E-state index contributed by atoms with van der Waals surface area (Å²) >= 11 is 1.13. The number of rotatable bonds is 4. The number of thioether (sulfide) groups is 1. The maximum atomic E-state index is 13.4. The van der Waals surface area contributed by atoms with E-state index in [-0.39, 0.29) is 4.91 Å². The molecule has 1 amide bonds. The first kappa shape index (κ1) is 18.3. The summed E-state index contributed by atoms with van der Waals surface area (Å²) in [5.41, 5.74) is 14.3. The lowest BCUT2D eigenvalue weighted by atomic mass is 10.0. The standard InChI is InChI=1S/C18H21FN4O2S/c1-10(12-5-8-25-9-12)14-15(20)16(17(21)24)26-18(14)22-11(2)23-6-3-13(19)4-7-23/h5,8-9,13H,2-4,6-7,20H2,1H3,(H2,21,24)/b14-10+,22-18+. The van der Waals surface area contributed by atoms with Crippen LogP contribution in [0.5, 0.6) is 0 Å². The normalized spacial score (nSPS) is 22.2. The Hall–Kier alpha value is -2.48. The number of nitrogens with zero attached hydrogens (tertiary/aromatic N) is 2. The maximum absolute atomic E-state index is 13.4. The molecule has 0 aliphatic carbocycles. The molecule has 8 heteroatoms. The minimum atomic E-state index is -0.773. The second-order valence-corrected chi connectivity index (χ2v) is 7.22. The summed E-state index contributed by atoms with van der Waals surface area (Å²) in [7, 11) is 0. The number of carbonyl (C=O) groups excluding carboxylic acids is 1. The molecule has 0 spiro atoms. The highest BCUT2D eigenvalue weighted by Crippen LogP contribution is 2.40. The van der Waals surface area contributed by atoms with E-state index >= 15 is 0 Å². The fraction of sp³-hybridized carbons (Fsp3) is 0.333. The van der Waals surface area contributed by atoms with Crippen molar-refractivity contribution in [1.29, 1.82) is 0 Å². The van der Waals surface area contributed by atoms with E-state index < -0.39 is 12.1 Å². The van der Waals surface area contributed by atoms with Crippen LogP contribution in [-0.2, 0) is 4.79 Å². The summed E-state index contributed by atoms with van der Waals surface area (Å²) in [5.74, 6) is -0.0746. The number of alkyl halides is 1. The smallest absolute Gasteiger partial charge is 0.257 e. The Morgan fingerprint density at radius 3 is 2.73 bits per heavy atom. The summed E-state index contributed by atoms with van der Waals surface area (Å²) in [6.07, 6.45) is 3.31. The van der Waals surface area contributed by atoms with Gasteiger partial charge in [0.2, 0.25) is 0 Å². The Kier molecular flexibility index (Phi) is 5.22. The van der Waals surface area contributed by atoms with Gasteiger partial charge in [0.15, 0.2) is 0 Å². The van der Waals surface area contributed by atoms with Crippen LogP contribution in [0.15, 0.2) is 56.6 Å². The number of hydrogen-bond donors (Lipinski definition) is 2. The van der Waals surface area contributed by atoms with Gasteiger partial charge in [-0.1, -0.05) is 18.3 Å². The van der Waals surface area contributed by atoms with Gasteiger partial charge in [0.25, 0.3) is 5.91 Å². The number of piperidine rings is 1. The van der Waals surface area contributed by atoms with Crippen LogP contribution < -0.4 is 11.5 Å². The lowest BCUT2D eigenvalue weighted by Gasteiger charge is -2.30. The number of furan rings is 1. The topological polar surface area (TPSA) is 97.8 Å². The molecule has 0 unspecified atom stereocenters. The first-order chi connectivity index (χ1) is 12.4. The van der Waals surface area contributed by atoms with Gasteiger partial charge in [-0.25, -0.2) is 9.38 Å². The molecule has 4 N–H and O–H groups in total. The maximum Gasteiger partial charge on any atom is 0.257 e. The predicted octanol–water partition coefficient (Wildman–Crippen LogP) is 2.76. The molecule has 3 heterocycles. The van der Waals surface area contributed by atoms with Crippen LogP contribution in [0, 0.1) is 0 Å². The quantitative estimate of drug-likeness (QED) is 0.842. The molecule has 1 fully saturated rings. The molecular formula is C18H21FN4O2S. The van der Waals surface area contributed by atoms with Crippen LogP contribution in [0.2, 0.25) is 0 Å². The van der Waals surface area contributed by atoms with Crippen molar-refractivity contribution in [2.75, 3.05) is 13.1 Å². The molecule has 3 rings (SSSR count). The van der Waals surface area contributed by atoms with Crippen molar-refractivity contribution in [3.05, 3.63) is 52.7 Å². The van der Waals surface area contributed by atoms with Crippen LogP contribution in [0.4, 0.5) is 4.39 Å². The highest BCUT2D eigenvalue weighted by atomic mass is 32.2. The SMILES string of the molecule is C=C(/N=C1/SC(C(N)=O)=C(N)/C1=C(/C)c1ccoc1)N1CCC(F)CC1. The fourth-order valence-corrected chi connectivity index (χ4v) is 3.99. The van der Waals surface area contributed by atoms with Crippen molar-refractivity contribution < 1.29 is 13.6 Å². The molecular weight excluding hydrogens is 355 g/mol. The molecule has 138 valence electrons. The molecule has 1 aromatic heterocycles. The van der Waals surface area contributed by atoms with Gasteiger partial charge in [0, 0.05) is 24.2 Å². The molecule has 2 aliphatic rings. The molecule has 1 saturated heterocycles. The highest BCUT2D eigenvalue weighted by Gasteiger charge is 2.31. The van der Waals surface area contributed by atoms with Crippen molar-refractivity contribution >= 4 is 28.3 Å². The third-order valence-corrected chi connectivity index (χ3v) is 5.61. The predicted molar refractivity (Wildman–Crippen MR) is 102 cm³/mol. The zero-order valence-corrected chi connectivity index (χ0v) is 15.3. The first-order valence-corrected chi connectivity index (χ1v) is 9.08. The van der Waals surface area contributed by atoms with E-state index in [0.717, 1.165) is 22.9 Å². The third-order valence-electron chi connectivity index (χ3n) is 4.50. The molecule has 0 radical (unpaired) electrons. The van der Waals surface area contributed by atoms with E-state index in [9.17, 15) is 9.18 Å². The summed E-state index contributed by atoms with van der Waals surface area (Å²) in [6, 6.07) is 1.81. The van der Waals surface area contributed by atoms with Gasteiger partial charge < -0.3 is 20.8 Å². The Bertz CT molecular complexity index is 818. The first-order valence-electron chi connectivity index (χ1n) is 8.26. The van der Waals surface area contributed by atoms with Gasteiger partial charge in [0.1, 0.15) is 21.9 Å². The van der Waals surface area contributed by atoms with Crippen LogP contribution in [0.25, 0.3) is 5.57 Å². The van der Waals surface area contributed by atoms with E-state index in [4.69, 9.17) is 15.9 Å². The number of nitrogens with two attached hydrogens (primary N) is 2. The minimum absolute atomic E-state index is 0.261. The number of aliphatic imine (C=N–C) groups is 1. The van der Waals surface area contributed by atoms with Crippen molar-refractivity contribution in [3.8, 4) is 0 Å². The van der Waals surface area contributed by atoms with E-state index in [1.807, 2.05) is 11.8 Å². The Morgan fingerprint density at radius 1 is 1.46 bits per heavy atom. The van der Waals surface area contributed by atoms with Crippen LogP contribution in [0.1, 0.15) is 25.3 Å². The zero-order chi connectivity index (χ0) is 18.8. The Labute approximate surface area is 155 Å². The molecule has 2 aliphatic heterocycles. The van der Waals surface area contributed by atoms with E-state index in [2.05, 4.69) is 11.6 Å². The van der Waals surface area contributed by atoms with Gasteiger partial charge in [0.05, 0.1) is 18.2 Å². The molecule has 26 heavy (non-hydrogen) atoms. The lowest BCUT2D eigenvalue weighted by molar-refractivity contribution is -0.113. The number of amides is 1. The zero-order valence-electron chi connectivity index (χ0n) is 14.5. The summed E-state index contributed by atoms with van der Waals surface area (Å²) in [5, 5.41) is 0.558. The Balaban J connectivity index is 1.96. The lowest BCUT2D eigenvalue weighted by Crippen LogP contribution is -2.33. The molecule has 0 saturated carbocycles. The largest absolute Gasteiger partial charge is 0.472 e. The number of halogens is 1. The summed E-state index contributed by atoms with van der Waals surface area (Å²) in [4.78, 5) is 18.5. The van der Waals surface area contributed by atoms with Crippen LogP contribution in [0.3, 0.4) is 0 Å². The fourth-order valence-electron chi connectivity index (χ4n) is 2.97. The van der Waals surface area contributed by atoms with Crippen molar-refractivity contribution in [3.63, 3.8) is 0 Å². The van der Waals surface area contributed by atoms with E-state index in [1.165, 1.54) is 0 Å². The average Bonchev–Trinajstić information content (AvgIpc) is 3.23.